The van der Waals surface area contributed by atoms with E-state index in [0.29, 0.717) is 30.8 Å². The highest BCUT2D eigenvalue weighted by molar-refractivity contribution is 5.95. The van der Waals surface area contributed by atoms with Crippen molar-refractivity contribution in [1.82, 2.24) is 4.90 Å². The van der Waals surface area contributed by atoms with E-state index in [1.165, 1.54) is 11.8 Å². The number of hydrogen-bond acceptors (Lipinski definition) is 5. The minimum Gasteiger partial charge on any atom is -0.497 e. The second kappa shape index (κ2) is 10.8. The SMILES string of the molecule is CCOC(=O)c1ccc(NC(=O)CN(CCc2ccc(OC)cc2)C(C)=O)cc1. The Balaban J connectivity index is 1.89. The van der Waals surface area contributed by atoms with E-state index in [2.05, 4.69) is 5.32 Å². The molecule has 1 N–H and O–H groups in total. The van der Waals surface area contributed by atoms with Crippen LogP contribution in [0.15, 0.2) is 48.5 Å². The van der Waals surface area contributed by atoms with Crippen molar-refractivity contribution in [3.8, 4) is 5.75 Å². The number of ether oxygens (including phenoxy) is 2. The van der Waals surface area contributed by atoms with Crippen molar-refractivity contribution in [3.05, 3.63) is 59.7 Å². The maximum Gasteiger partial charge on any atom is 0.338 e. The first-order valence-electron chi connectivity index (χ1n) is 9.38. The molecule has 0 fully saturated rings. The lowest BCUT2D eigenvalue weighted by atomic mass is 10.1. The third-order valence-corrected chi connectivity index (χ3v) is 4.29. The van der Waals surface area contributed by atoms with E-state index in [1.54, 1.807) is 38.3 Å². The van der Waals surface area contributed by atoms with Crippen molar-refractivity contribution in [2.24, 2.45) is 0 Å². The zero-order chi connectivity index (χ0) is 21.2. The van der Waals surface area contributed by atoms with Crippen molar-refractivity contribution in [2.75, 3.05) is 32.1 Å². The Hall–Kier alpha value is -3.35. The van der Waals surface area contributed by atoms with Crippen molar-refractivity contribution in [1.29, 1.82) is 0 Å². The molecule has 0 radical (unpaired) electrons. The number of carbonyl (C=O) groups excluding carboxylic acids is 3. The Bertz CT molecular complexity index is 831. The van der Waals surface area contributed by atoms with E-state index in [0.717, 1.165) is 11.3 Å². The molecular weight excluding hydrogens is 372 g/mol. The summed E-state index contributed by atoms with van der Waals surface area (Å²) < 4.78 is 10.1. The molecule has 2 rings (SSSR count). The highest BCUT2D eigenvalue weighted by atomic mass is 16.5. The average molecular weight is 398 g/mol. The van der Waals surface area contributed by atoms with Crippen LogP contribution in [-0.4, -0.2) is 49.5 Å². The molecule has 7 nitrogen and oxygen atoms in total. The topological polar surface area (TPSA) is 84.9 Å². The van der Waals surface area contributed by atoms with Crippen LogP contribution >= 0.6 is 0 Å². The fraction of sp³-hybridized carbons (Fsp3) is 0.318. The summed E-state index contributed by atoms with van der Waals surface area (Å²) in [5.74, 6) is -0.123. The number of nitrogens with zero attached hydrogens (tertiary/aromatic N) is 1. The molecule has 2 amide bonds. The number of rotatable bonds is 9. The average Bonchev–Trinajstić information content (AvgIpc) is 2.72. The third kappa shape index (κ3) is 6.95. The van der Waals surface area contributed by atoms with Gasteiger partial charge < -0.3 is 19.7 Å². The van der Waals surface area contributed by atoms with Gasteiger partial charge >= 0.3 is 5.97 Å². The number of amides is 2. The van der Waals surface area contributed by atoms with Crippen LogP contribution in [-0.2, 0) is 20.7 Å². The van der Waals surface area contributed by atoms with E-state index in [1.807, 2.05) is 24.3 Å². The molecule has 154 valence electrons. The molecule has 0 aliphatic carbocycles. The molecule has 2 aromatic carbocycles. The first-order valence-corrected chi connectivity index (χ1v) is 9.38. The number of nitrogens with one attached hydrogen (secondary N) is 1. The quantitative estimate of drug-likeness (QED) is 0.657. The summed E-state index contributed by atoms with van der Waals surface area (Å²) >= 11 is 0. The molecular formula is C22H26N2O5. The summed E-state index contributed by atoms with van der Waals surface area (Å²) in [6.07, 6.45) is 0.630. The van der Waals surface area contributed by atoms with E-state index < -0.39 is 5.97 Å². The van der Waals surface area contributed by atoms with Crippen molar-refractivity contribution in [3.63, 3.8) is 0 Å². The zero-order valence-electron chi connectivity index (χ0n) is 16.9. The van der Waals surface area contributed by atoms with Crippen LogP contribution in [0.3, 0.4) is 0 Å². The monoisotopic (exact) mass is 398 g/mol. The third-order valence-electron chi connectivity index (χ3n) is 4.29. The largest absolute Gasteiger partial charge is 0.497 e. The van der Waals surface area contributed by atoms with E-state index in [-0.39, 0.29) is 18.4 Å². The molecule has 0 unspecified atom stereocenters. The second-order valence-corrected chi connectivity index (χ2v) is 6.38. The summed E-state index contributed by atoms with van der Waals surface area (Å²) in [5.41, 5.74) is 2.00. The molecule has 0 aliphatic rings. The summed E-state index contributed by atoms with van der Waals surface area (Å²) in [6, 6.07) is 14.0. The maximum absolute atomic E-state index is 12.3. The maximum atomic E-state index is 12.3. The predicted octanol–water partition coefficient (Wildman–Crippen LogP) is 2.90. The first kappa shape index (κ1) is 21.9. The van der Waals surface area contributed by atoms with Gasteiger partial charge in [0.05, 0.1) is 25.8 Å². The zero-order valence-corrected chi connectivity index (χ0v) is 16.9. The standard InChI is InChI=1S/C22H26N2O5/c1-4-29-22(27)18-7-9-19(10-8-18)23-21(26)15-24(16(2)25)14-13-17-5-11-20(28-3)12-6-17/h5-12H,4,13-15H2,1-3H3,(H,23,26). The second-order valence-electron chi connectivity index (χ2n) is 6.38. The molecule has 0 aromatic heterocycles. The summed E-state index contributed by atoms with van der Waals surface area (Å²) in [7, 11) is 1.61. The number of hydrogen-bond donors (Lipinski definition) is 1. The van der Waals surface area contributed by atoms with Crippen molar-refractivity contribution in [2.45, 2.75) is 20.3 Å². The van der Waals surface area contributed by atoms with E-state index in [4.69, 9.17) is 9.47 Å². The van der Waals surface area contributed by atoms with Gasteiger partial charge in [-0.2, -0.15) is 0 Å². The molecule has 0 bridgehead atoms. The lowest BCUT2D eigenvalue weighted by Crippen LogP contribution is -2.38. The van der Waals surface area contributed by atoms with Gasteiger partial charge in [0, 0.05) is 19.2 Å². The number of carbonyl (C=O) groups is 3. The van der Waals surface area contributed by atoms with Gasteiger partial charge in [-0.3, -0.25) is 9.59 Å². The number of methoxy groups -OCH3 is 1. The lowest BCUT2D eigenvalue weighted by molar-refractivity contribution is -0.132. The van der Waals surface area contributed by atoms with Gasteiger partial charge in [0.15, 0.2) is 0 Å². The van der Waals surface area contributed by atoms with Gasteiger partial charge in [-0.25, -0.2) is 4.79 Å². The highest BCUT2D eigenvalue weighted by Gasteiger charge is 2.14. The van der Waals surface area contributed by atoms with Gasteiger partial charge in [-0.1, -0.05) is 12.1 Å². The Morgan fingerprint density at radius 1 is 1.00 bits per heavy atom. The molecule has 0 spiro atoms. The highest BCUT2D eigenvalue weighted by Crippen LogP contribution is 2.13. The Morgan fingerprint density at radius 2 is 1.66 bits per heavy atom. The molecule has 0 saturated carbocycles. The Labute approximate surface area is 170 Å². The van der Waals surface area contributed by atoms with Crippen LogP contribution in [0.4, 0.5) is 5.69 Å². The minimum atomic E-state index is -0.410. The molecule has 2 aromatic rings. The minimum absolute atomic E-state index is 0.0505. The van der Waals surface area contributed by atoms with Gasteiger partial charge in [0.1, 0.15) is 5.75 Å². The van der Waals surface area contributed by atoms with Crippen LogP contribution in [0.5, 0.6) is 5.75 Å². The molecule has 29 heavy (non-hydrogen) atoms. The van der Waals surface area contributed by atoms with Gasteiger partial charge in [0.25, 0.3) is 0 Å². The van der Waals surface area contributed by atoms with Gasteiger partial charge in [-0.15, -0.1) is 0 Å². The van der Waals surface area contributed by atoms with Crippen LogP contribution in [0.2, 0.25) is 0 Å². The van der Waals surface area contributed by atoms with Crippen LogP contribution in [0.25, 0.3) is 0 Å². The normalized spacial score (nSPS) is 10.2. The molecule has 7 heteroatoms. The summed E-state index contributed by atoms with van der Waals surface area (Å²) in [6.45, 7) is 3.86. The van der Waals surface area contributed by atoms with Crippen LogP contribution < -0.4 is 10.1 Å². The van der Waals surface area contributed by atoms with E-state index in [9.17, 15) is 14.4 Å². The smallest absolute Gasteiger partial charge is 0.338 e. The fourth-order valence-electron chi connectivity index (χ4n) is 2.68. The molecule has 0 atom stereocenters. The fourth-order valence-corrected chi connectivity index (χ4v) is 2.68. The summed E-state index contributed by atoms with van der Waals surface area (Å²) in [5, 5.41) is 2.74. The number of benzene rings is 2. The molecule has 0 saturated heterocycles. The Kier molecular flexibility index (Phi) is 8.21. The summed E-state index contributed by atoms with van der Waals surface area (Å²) in [4.78, 5) is 37.4. The lowest BCUT2D eigenvalue weighted by Gasteiger charge is -2.20. The molecule has 0 heterocycles. The van der Waals surface area contributed by atoms with Gasteiger partial charge in [-0.05, 0) is 55.3 Å². The predicted molar refractivity (Wildman–Crippen MR) is 110 cm³/mol. The van der Waals surface area contributed by atoms with Crippen molar-refractivity contribution >= 4 is 23.5 Å². The molecule has 0 aliphatic heterocycles. The number of anilines is 1. The van der Waals surface area contributed by atoms with Crippen LogP contribution in [0.1, 0.15) is 29.8 Å². The van der Waals surface area contributed by atoms with Crippen LogP contribution in [0, 0.1) is 0 Å². The Morgan fingerprint density at radius 3 is 2.21 bits per heavy atom. The van der Waals surface area contributed by atoms with Gasteiger partial charge in [0.2, 0.25) is 11.8 Å². The first-order chi connectivity index (χ1) is 13.9. The number of esters is 1. The van der Waals surface area contributed by atoms with Crippen molar-refractivity contribution < 1.29 is 23.9 Å². The van der Waals surface area contributed by atoms with E-state index >= 15 is 0 Å².